The Kier molecular flexibility index (Phi) is 5.03. The van der Waals surface area contributed by atoms with E-state index in [2.05, 4.69) is 15.1 Å². The molecule has 4 aromatic rings. The van der Waals surface area contributed by atoms with Crippen LogP contribution in [0.25, 0.3) is 10.9 Å². The molecule has 0 saturated carbocycles. The number of nitro benzene ring substituents is 1. The van der Waals surface area contributed by atoms with Crippen LogP contribution in [0.1, 0.15) is 11.1 Å². The average molecular weight is 388 g/mol. The molecule has 1 N–H and O–H groups in total. The molecule has 0 amide bonds. The first-order valence-electron chi connectivity index (χ1n) is 8.95. The molecule has 4 rings (SSSR count). The van der Waals surface area contributed by atoms with Gasteiger partial charge >= 0.3 is 0 Å². The van der Waals surface area contributed by atoms with E-state index in [0.717, 1.165) is 22.0 Å². The van der Waals surface area contributed by atoms with Gasteiger partial charge in [-0.15, -0.1) is 0 Å². The lowest BCUT2D eigenvalue weighted by Gasteiger charge is -2.06. The van der Waals surface area contributed by atoms with E-state index in [0.29, 0.717) is 12.2 Å². The molecular formula is C22H17FN4O2. The highest BCUT2D eigenvalue weighted by molar-refractivity contribution is 5.89. The van der Waals surface area contributed by atoms with Gasteiger partial charge in [0.1, 0.15) is 5.82 Å². The number of nitrogens with one attached hydrogen (secondary N) is 1. The SMILES string of the molecule is O=[N+]([O-])c1ccc(N/N=C/c2ccc3c(ccn3Cc3cccc(F)c3)c2)cc1. The zero-order valence-electron chi connectivity index (χ0n) is 15.3. The summed E-state index contributed by atoms with van der Waals surface area (Å²) in [7, 11) is 0. The Labute approximate surface area is 166 Å². The largest absolute Gasteiger partial charge is 0.343 e. The maximum Gasteiger partial charge on any atom is 0.269 e. The molecule has 0 saturated heterocycles. The second kappa shape index (κ2) is 7.93. The predicted octanol–water partition coefficient (Wildman–Crippen LogP) is 5.18. The number of benzene rings is 3. The second-order valence-electron chi connectivity index (χ2n) is 6.57. The van der Waals surface area contributed by atoms with E-state index in [1.165, 1.54) is 24.3 Å². The number of hydrogen-bond acceptors (Lipinski definition) is 4. The number of nitrogens with zero attached hydrogens (tertiary/aromatic N) is 3. The summed E-state index contributed by atoms with van der Waals surface area (Å²) in [6.07, 6.45) is 3.66. The number of nitro groups is 1. The zero-order chi connectivity index (χ0) is 20.2. The maximum atomic E-state index is 13.4. The number of fused-ring (bicyclic) bond motifs is 1. The quantitative estimate of drug-likeness (QED) is 0.281. The van der Waals surface area contributed by atoms with Gasteiger partial charge in [-0.2, -0.15) is 5.10 Å². The molecule has 0 radical (unpaired) electrons. The molecular weight excluding hydrogens is 371 g/mol. The smallest absolute Gasteiger partial charge is 0.269 e. The molecule has 29 heavy (non-hydrogen) atoms. The Bertz CT molecular complexity index is 1200. The van der Waals surface area contributed by atoms with E-state index in [4.69, 9.17) is 0 Å². The van der Waals surface area contributed by atoms with Crippen LogP contribution in [-0.2, 0) is 6.54 Å². The van der Waals surface area contributed by atoms with Crippen LogP contribution in [0.2, 0.25) is 0 Å². The van der Waals surface area contributed by atoms with Crippen LogP contribution in [0.3, 0.4) is 0 Å². The Morgan fingerprint density at radius 3 is 2.66 bits per heavy atom. The monoisotopic (exact) mass is 388 g/mol. The molecule has 3 aromatic carbocycles. The fourth-order valence-electron chi connectivity index (χ4n) is 3.11. The van der Waals surface area contributed by atoms with E-state index in [-0.39, 0.29) is 11.5 Å². The molecule has 1 heterocycles. The minimum Gasteiger partial charge on any atom is -0.343 e. The molecule has 7 heteroatoms. The van der Waals surface area contributed by atoms with Crippen molar-refractivity contribution in [3.8, 4) is 0 Å². The molecule has 0 bridgehead atoms. The van der Waals surface area contributed by atoms with E-state index < -0.39 is 4.92 Å². The van der Waals surface area contributed by atoms with Gasteiger partial charge in [0.2, 0.25) is 0 Å². The van der Waals surface area contributed by atoms with Gasteiger partial charge in [0.15, 0.2) is 0 Å². The molecule has 0 atom stereocenters. The molecule has 144 valence electrons. The van der Waals surface area contributed by atoms with Crippen molar-refractivity contribution in [2.75, 3.05) is 5.43 Å². The summed E-state index contributed by atoms with van der Waals surface area (Å²) >= 11 is 0. The highest BCUT2D eigenvalue weighted by Gasteiger charge is 2.04. The van der Waals surface area contributed by atoms with Crippen molar-refractivity contribution in [1.29, 1.82) is 0 Å². The van der Waals surface area contributed by atoms with Crippen molar-refractivity contribution in [2.24, 2.45) is 5.10 Å². The van der Waals surface area contributed by atoms with Gasteiger partial charge in [0.25, 0.3) is 5.69 Å². The number of hydrazone groups is 1. The lowest BCUT2D eigenvalue weighted by Crippen LogP contribution is -1.98. The van der Waals surface area contributed by atoms with Gasteiger partial charge in [-0.1, -0.05) is 18.2 Å². The summed E-state index contributed by atoms with van der Waals surface area (Å²) in [6.45, 7) is 0.594. The first kappa shape index (κ1) is 18.4. The van der Waals surface area contributed by atoms with Crippen molar-refractivity contribution in [3.63, 3.8) is 0 Å². The topological polar surface area (TPSA) is 72.5 Å². The summed E-state index contributed by atoms with van der Waals surface area (Å²) in [5, 5.41) is 15.9. The molecule has 6 nitrogen and oxygen atoms in total. The van der Waals surface area contributed by atoms with E-state index >= 15 is 0 Å². The number of hydrogen-bond donors (Lipinski definition) is 1. The molecule has 0 spiro atoms. The molecule has 0 fully saturated rings. The standard InChI is InChI=1S/C22H17FN4O2/c23-19-3-1-2-17(13-19)15-26-11-10-18-12-16(4-9-22(18)26)14-24-25-20-5-7-21(8-6-20)27(28)29/h1-14,25H,15H2/b24-14+. The summed E-state index contributed by atoms with van der Waals surface area (Å²) in [4.78, 5) is 10.2. The fourth-order valence-corrected chi connectivity index (χ4v) is 3.11. The van der Waals surface area contributed by atoms with Crippen LogP contribution >= 0.6 is 0 Å². The predicted molar refractivity (Wildman–Crippen MR) is 112 cm³/mol. The lowest BCUT2D eigenvalue weighted by molar-refractivity contribution is -0.384. The molecule has 0 unspecified atom stereocenters. The Balaban J connectivity index is 1.46. The van der Waals surface area contributed by atoms with Crippen LogP contribution in [0.15, 0.2) is 84.1 Å². The van der Waals surface area contributed by atoms with Gasteiger partial charge in [0, 0.05) is 35.8 Å². The Morgan fingerprint density at radius 1 is 1.07 bits per heavy atom. The van der Waals surface area contributed by atoms with Gasteiger partial charge in [-0.05, 0) is 53.6 Å². The maximum absolute atomic E-state index is 13.4. The van der Waals surface area contributed by atoms with E-state index in [1.54, 1.807) is 24.4 Å². The Hall–Kier alpha value is -4.00. The molecule has 1 aromatic heterocycles. The summed E-state index contributed by atoms with van der Waals surface area (Å²) in [5.74, 6) is -0.238. The molecule has 0 aliphatic rings. The fraction of sp³-hybridized carbons (Fsp3) is 0.0455. The lowest BCUT2D eigenvalue weighted by atomic mass is 10.1. The Morgan fingerprint density at radius 2 is 1.90 bits per heavy atom. The zero-order valence-corrected chi connectivity index (χ0v) is 15.3. The van der Waals surface area contributed by atoms with E-state index in [9.17, 15) is 14.5 Å². The van der Waals surface area contributed by atoms with Crippen LogP contribution in [0.4, 0.5) is 15.8 Å². The third-order valence-corrected chi connectivity index (χ3v) is 4.52. The first-order valence-corrected chi connectivity index (χ1v) is 8.95. The van der Waals surface area contributed by atoms with Crippen molar-refractivity contribution < 1.29 is 9.31 Å². The summed E-state index contributed by atoms with van der Waals surface area (Å²) < 4.78 is 15.5. The summed E-state index contributed by atoms with van der Waals surface area (Å²) in [6, 6.07) is 20.6. The number of aromatic nitrogens is 1. The number of halogens is 1. The second-order valence-corrected chi connectivity index (χ2v) is 6.57. The molecule has 0 aliphatic carbocycles. The highest BCUT2D eigenvalue weighted by atomic mass is 19.1. The van der Waals surface area contributed by atoms with Crippen LogP contribution in [0, 0.1) is 15.9 Å². The van der Waals surface area contributed by atoms with Crippen LogP contribution in [-0.4, -0.2) is 15.7 Å². The normalized spacial score (nSPS) is 11.2. The van der Waals surface area contributed by atoms with Crippen molar-refractivity contribution in [1.82, 2.24) is 4.57 Å². The third-order valence-electron chi connectivity index (χ3n) is 4.52. The number of anilines is 1. The van der Waals surface area contributed by atoms with Gasteiger partial charge in [0.05, 0.1) is 16.8 Å². The molecule has 0 aliphatic heterocycles. The highest BCUT2D eigenvalue weighted by Crippen LogP contribution is 2.19. The van der Waals surface area contributed by atoms with Gasteiger partial charge in [-0.3, -0.25) is 15.5 Å². The third kappa shape index (κ3) is 4.30. The average Bonchev–Trinajstić information content (AvgIpc) is 3.10. The van der Waals surface area contributed by atoms with Gasteiger partial charge in [-0.25, -0.2) is 4.39 Å². The summed E-state index contributed by atoms with van der Waals surface area (Å²) in [5.41, 5.74) is 6.42. The van der Waals surface area contributed by atoms with Crippen LogP contribution in [0.5, 0.6) is 0 Å². The van der Waals surface area contributed by atoms with Crippen LogP contribution < -0.4 is 5.43 Å². The number of non-ortho nitro benzene ring substituents is 1. The van der Waals surface area contributed by atoms with Crippen molar-refractivity contribution in [3.05, 3.63) is 106 Å². The minimum atomic E-state index is -0.442. The minimum absolute atomic E-state index is 0.0349. The number of rotatable bonds is 6. The van der Waals surface area contributed by atoms with Crippen molar-refractivity contribution in [2.45, 2.75) is 6.54 Å². The first-order chi connectivity index (χ1) is 14.1. The van der Waals surface area contributed by atoms with Gasteiger partial charge < -0.3 is 4.57 Å². The van der Waals surface area contributed by atoms with E-state index in [1.807, 2.05) is 36.5 Å². The van der Waals surface area contributed by atoms with Crippen molar-refractivity contribution >= 4 is 28.5 Å².